The van der Waals surface area contributed by atoms with Gasteiger partial charge in [0, 0.05) is 25.8 Å². The molecule has 1 aromatic heterocycles. The quantitative estimate of drug-likeness (QED) is 0.926. The first-order valence-corrected chi connectivity index (χ1v) is 7.41. The number of aromatic amines is 1. The van der Waals surface area contributed by atoms with Gasteiger partial charge in [-0.05, 0) is 18.7 Å². The zero-order valence-corrected chi connectivity index (χ0v) is 12.7. The van der Waals surface area contributed by atoms with Gasteiger partial charge in [-0.1, -0.05) is 41.9 Å². The molecule has 2 heterocycles. The molecule has 3 rings (SSSR count). The summed E-state index contributed by atoms with van der Waals surface area (Å²) < 4.78 is 0. The van der Waals surface area contributed by atoms with Crippen LogP contribution in [0.15, 0.2) is 42.6 Å². The molecule has 0 aliphatic carbocycles. The summed E-state index contributed by atoms with van der Waals surface area (Å²) in [7, 11) is 2.09. The van der Waals surface area contributed by atoms with Crippen molar-refractivity contribution in [2.24, 2.45) is 0 Å². The summed E-state index contributed by atoms with van der Waals surface area (Å²) in [5.74, 6) is 0.00357. The molecule has 4 nitrogen and oxygen atoms in total. The molecule has 1 aromatic carbocycles. The number of piperazine rings is 1. The van der Waals surface area contributed by atoms with Crippen molar-refractivity contribution in [2.45, 2.75) is 6.04 Å². The van der Waals surface area contributed by atoms with E-state index in [1.54, 1.807) is 12.3 Å². The second-order valence-electron chi connectivity index (χ2n) is 5.42. The third-order valence-electron chi connectivity index (χ3n) is 3.91. The van der Waals surface area contributed by atoms with Gasteiger partial charge in [-0.3, -0.25) is 4.79 Å². The minimum absolute atomic E-state index is 0.00357. The lowest BCUT2D eigenvalue weighted by atomic mass is 10.0. The Morgan fingerprint density at radius 2 is 2.05 bits per heavy atom. The highest BCUT2D eigenvalue weighted by Gasteiger charge is 2.31. The van der Waals surface area contributed by atoms with Gasteiger partial charge in [0.05, 0.1) is 11.1 Å². The van der Waals surface area contributed by atoms with Crippen molar-refractivity contribution in [3.8, 4) is 0 Å². The number of benzene rings is 1. The summed E-state index contributed by atoms with van der Waals surface area (Å²) in [6.45, 7) is 2.43. The lowest BCUT2D eigenvalue weighted by Crippen LogP contribution is -2.49. The van der Waals surface area contributed by atoms with E-state index >= 15 is 0 Å². The van der Waals surface area contributed by atoms with Gasteiger partial charge in [0.25, 0.3) is 5.91 Å². The monoisotopic (exact) mass is 303 g/mol. The Morgan fingerprint density at radius 1 is 1.29 bits per heavy atom. The maximum atomic E-state index is 12.7. The van der Waals surface area contributed by atoms with Gasteiger partial charge in [-0.2, -0.15) is 0 Å². The number of carbonyl (C=O) groups is 1. The number of rotatable bonds is 2. The molecule has 110 valence electrons. The maximum absolute atomic E-state index is 12.7. The lowest BCUT2D eigenvalue weighted by Gasteiger charge is -2.40. The van der Waals surface area contributed by atoms with E-state index < -0.39 is 0 Å². The molecular formula is C16H18ClN3O. The molecule has 21 heavy (non-hydrogen) atoms. The van der Waals surface area contributed by atoms with E-state index in [9.17, 15) is 4.79 Å². The number of hydrogen-bond donors (Lipinski definition) is 1. The van der Waals surface area contributed by atoms with E-state index in [-0.39, 0.29) is 11.9 Å². The second kappa shape index (κ2) is 5.92. The van der Waals surface area contributed by atoms with Gasteiger partial charge < -0.3 is 14.8 Å². The van der Waals surface area contributed by atoms with Crippen molar-refractivity contribution in [2.75, 3.05) is 26.7 Å². The predicted molar refractivity (Wildman–Crippen MR) is 83.5 cm³/mol. The molecule has 2 aromatic rings. The molecule has 0 unspecified atom stereocenters. The zero-order chi connectivity index (χ0) is 14.8. The van der Waals surface area contributed by atoms with Crippen LogP contribution in [0.4, 0.5) is 0 Å². The Balaban J connectivity index is 1.89. The van der Waals surface area contributed by atoms with E-state index in [1.165, 1.54) is 0 Å². The van der Waals surface area contributed by atoms with Gasteiger partial charge in [-0.25, -0.2) is 0 Å². The van der Waals surface area contributed by atoms with E-state index in [0.717, 1.165) is 18.7 Å². The first kappa shape index (κ1) is 14.2. The number of amides is 1. The Hall–Kier alpha value is -1.78. The summed E-state index contributed by atoms with van der Waals surface area (Å²) in [5, 5.41) is 0.559. The molecule has 0 saturated carbocycles. The smallest absolute Gasteiger partial charge is 0.270 e. The molecule has 1 aliphatic rings. The SMILES string of the molecule is CN1CCN(C(=O)c2cc(Cl)c[nH]2)[C@H](c2ccccc2)C1. The first-order valence-electron chi connectivity index (χ1n) is 7.03. The largest absolute Gasteiger partial charge is 0.356 e. The van der Waals surface area contributed by atoms with Crippen LogP contribution in [-0.4, -0.2) is 47.4 Å². The fourth-order valence-corrected chi connectivity index (χ4v) is 2.93. The van der Waals surface area contributed by atoms with Gasteiger partial charge in [0.2, 0.25) is 0 Å². The average Bonchev–Trinajstić information content (AvgIpc) is 2.94. The third-order valence-corrected chi connectivity index (χ3v) is 4.13. The summed E-state index contributed by atoms with van der Waals surface area (Å²) in [6.07, 6.45) is 1.64. The van der Waals surface area contributed by atoms with Crippen LogP contribution in [0.2, 0.25) is 5.02 Å². The van der Waals surface area contributed by atoms with Crippen molar-refractivity contribution in [1.82, 2.24) is 14.8 Å². The molecule has 5 heteroatoms. The third kappa shape index (κ3) is 2.96. The van der Waals surface area contributed by atoms with E-state index in [2.05, 4.69) is 29.1 Å². The summed E-state index contributed by atoms with van der Waals surface area (Å²) in [4.78, 5) is 19.9. The van der Waals surface area contributed by atoms with Crippen LogP contribution in [0.3, 0.4) is 0 Å². The number of hydrogen-bond acceptors (Lipinski definition) is 2. The van der Waals surface area contributed by atoms with Crippen LogP contribution in [0, 0.1) is 0 Å². The number of carbonyl (C=O) groups excluding carboxylic acids is 1. The fraction of sp³-hybridized carbons (Fsp3) is 0.312. The highest BCUT2D eigenvalue weighted by atomic mass is 35.5. The Kier molecular flexibility index (Phi) is 3.99. The second-order valence-corrected chi connectivity index (χ2v) is 5.86. The zero-order valence-electron chi connectivity index (χ0n) is 11.9. The van der Waals surface area contributed by atoms with E-state index in [0.29, 0.717) is 17.3 Å². The average molecular weight is 304 g/mol. The van der Waals surface area contributed by atoms with Gasteiger partial charge in [-0.15, -0.1) is 0 Å². The normalized spacial score (nSPS) is 19.7. The van der Waals surface area contributed by atoms with Gasteiger partial charge in [0.1, 0.15) is 5.69 Å². The highest BCUT2D eigenvalue weighted by molar-refractivity contribution is 6.30. The van der Waals surface area contributed by atoms with Crippen molar-refractivity contribution in [3.05, 3.63) is 58.9 Å². The molecule has 0 bridgehead atoms. The Morgan fingerprint density at radius 3 is 2.71 bits per heavy atom. The minimum atomic E-state index is 0.00357. The molecule has 1 N–H and O–H groups in total. The topological polar surface area (TPSA) is 39.3 Å². The predicted octanol–water partition coefficient (Wildman–Crippen LogP) is 2.80. The van der Waals surface area contributed by atoms with Gasteiger partial charge in [0.15, 0.2) is 0 Å². The molecule has 0 spiro atoms. The standard InChI is InChI=1S/C16H18ClN3O/c1-19-7-8-20(16(21)14-9-13(17)10-18-14)15(11-19)12-5-3-2-4-6-12/h2-6,9-10,15,18H,7-8,11H2,1H3/t15-/m0/s1. The number of aromatic nitrogens is 1. The van der Waals surface area contributed by atoms with Crippen LogP contribution >= 0.6 is 11.6 Å². The maximum Gasteiger partial charge on any atom is 0.270 e. The van der Waals surface area contributed by atoms with Crippen LogP contribution in [0.1, 0.15) is 22.1 Å². The summed E-state index contributed by atoms with van der Waals surface area (Å²) >= 11 is 5.91. The molecule has 1 aliphatic heterocycles. The molecule has 1 atom stereocenters. The minimum Gasteiger partial charge on any atom is -0.356 e. The number of halogens is 1. The Bertz CT molecular complexity index is 625. The fourth-order valence-electron chi connectivity index (χ4n) is 2.77. The molecular weight excluding hydrogens is 286 g/mol. The van der Waals surface area contributed by atoms with Crippen LogP contribution in [0.5, 0.6) is 0 Å². The van der Waals surface area contributed by atoms with Crippen molar-refractivity contribution in [1.29, 1.82) is 0 Å². The molecule has 0 radical (unpaired) electrons. The van der Waals surface area contributed by atoms with E-state index in [4.69, 9.17) is 11.6 Å². The molecule has 1 amide bonds. The Labute approximate surface area is 129 Å². The number of likely N-dealkylation sites (N-methyl/N-ethyl adjacent to an activating group) is 1. The van der Waals surface area contributed by atoms with E-state index in [1.807, 2.05) is 23.1 Å². The van der Waals surface area contributed by atoms with Gasteiger partial charge >= 0.3 is 0 Å². The highest BCUT2D eigenvalue weighted by Crippen LogP contribution is 2.26. The van der Waals surface area contributed by atoms with Crippen LogP contribution in [-0.2, 0) is 0 Å². The summed E-state index contributed by atoms with van der Waals surface area (Å²) in [6, 6.07) is 11.9. The van der Waals surface area contributed by atoms with Crippen LogP contribution in [0.25, 0.3) is 0 Å². The molecule has 1 fully saturated rings. The summed E-state index contributed by atoms with van der Waals surface area (Å²) in [5.41, 5.74) is 1.71. The first-order chi connectivity index (χ1) is 10.1. The van der Waals surface area contributed by atoms with Crippen molar-refractivity contribution < 1.29 is 4.79 Å². The van der Waals surface area contributed by atoms with Crippen molar-refractivity contribution in [3.63, 3.8) is 0 Å². The molecule has 1 saturated heterocycles. The van der Waals surface area contributed by atoms with Crippen molar-refractivity contribution >= 4 is 17.5 Å². The number of H-pyrrole nitrogens is 1. The van der Waals surface area contributed by atoms with Crippen LogP contribution < -0.4 is 0 Å². The lowest BCUT2D eigenvalue weighted by molar-refractivity contribution is 0.0493. The number of nitrogens with zero attached hydrogens (tertiary/aromatic N) is 2. The number of nitrogens with one attached hydrogen (secondary N) is 1.